The zero-order valence-corrected chi connectivity index (χ0v) is 12.2. The van der Waals surface area contributed by atoms with E-state index in [4.69, 9.17) is 0 Å². The molecule has 21 heavy (non-hydrogen) atoms. The molecule has 1 N–H and O–H groups in total. The van der Waals surface area contributed by atoms with Crippen LogP contribution < -0.4 is 0 Å². The molecule has 0 fully saturated rings. The summed E-state index contributed by atoms with van der Waals surface area (Å²) in [7, 11) is 1.24. The minimum Gasteiger partial charge on any atom is -0.464 e. The second-order valence-corrected chi connectivity index (χ2v) is 5.23. The molecule has 1 aliphatic rings. The molecule has 0 unspecified atom stereocenters. The summed E-state index contributed by atoms with van der Waals surface area (Å²) < 4.78 is 4.62. The van der Waals surface area contributed by atoms with E-state index in [1.807, 2.05) is 0 Å². The Morgan fingerprint density at radius 2 is 1.95 bits per heavy atom. The summed E-state index contributed by atoms with van der Waals surface area (Å²) in [5.74, 6) is -1.39. The summed E-state index contributed by atoms with van der Waals surface area (Å²) >= 11 is 0. The zero-order chi connectivity index (χ0) is 15.6. The maximum absolute atomic E-state index is 12.5. The average Bonchev–Trinajstić information content (AvgIpc) is 2.86. The van der Waals surface area contributed by atoms with E-state index in [-0.39, 0.29) is 18.1 Å². The van der Waals surface area contributed by atoms with Crippen LogP contribution in [0.4, 0.5) is 0 Å². The Balaban J connectivity index is 2.39. The SMILES string of the molecule is COC(=O)C1=NN(C(=O)c2ccccc2)[C@@](O)(C(C)C)C1. The molecular weight excluding hydrogens is 272 g/mol. The third kappa shape index (κ3) is 2.67. The van der Waals surface area contributed by atoms with Crippen molar-refractivity contribution < 1.29 is 19.4 Å². The fourth-order valence-corrected chi connectivity index (χ4v) is 2.17. The number of esters is 1. The maximum atomic E-state index is 12.5. The number of rotatable bonds is 3. The van der Waals surface area contributed by atoms with Gasteiger partial charge in [-0.1, -0.05) is 32.0 Å². The van der Waals surface area contributed by atoms with Gasteiger partial charge in [0, 0.05) is 17.9 Å². The van der Waals surface area contributed by atoms with Crippen molar-refractivity contribution in [2.75, 3.05) is 7.11 Å². The summed E-state index contributed by atoms with van der Waals surface area (Å²) in [6, 6.07) is 8.51. The van der Waals surface area contributed by atoms with Crippen LogP contribution in [0.2, 0.25) is 0 Å². The Bertz CT molecular complexity index is 583. The van der Waals surface area contributed by atoms with E-state index in [1.165, 1.54) is 7.11 Å². The number of ether oxygens (including phenoxy) is 1. The Labute approximate surface area is 123 Å². The van der Waals surface area contributed by atoms with Crippen molar-refractivity contribution in [1.82, 2.24) is 5.01 Å². The zero-order valence-electron chi connectivity index (χ0n) is 12.2. The Kier molecular flexibility index (Phi) is 4.09. The van der Waals surface area contributed by atoms with Crippen molar-refractivity contribution in [2.24, 2.45) is 11.0 Å². The van der Waals surface area contributed by atoms with Crippen LogP contribution in [-0.4, -0.2) is 40.5 Å². The molecule has 0 saturated carbocycles. The van der Waals surface area contributed by atoms with Gasteiger partial charge in [0.1, 0.15) is 0 Å². The first-order chi connectivity index (χ1) is 9.90. The first-order valence-corrected chi connectivity index (χ1v) is 6.68. The third-order valence-corrected chi connectivity index (χ3v) is 3.57. The molecule has 6 heteroatoms. The van der Waals surface area contributed by atoms with Gasteiger partial charge in [-0.3, -0.25) is 4.79 Å². The van der Waals surface area contributed by atoms with Gasteiger partial charge < -0.3 is 9.84 Å². The topological polar surface area (TPSA) is 79.2 Å². The van der Waals surface area contributed by atoms with E-state index >= 15 is 0 Å². The average molecular weight is 290 g/mol. The highest BCUT2D eigenvalue weighted by atomic mass is 16.5. The number of methoxy groups -OCH3 is 1. The second-order valence-electron chi connectivity index (χ2n) is 5.23. The van der Waals surface area contributed by atoms with Gasteiger partial charge >= 0.3 is 5.97 Å². The van der Waals surface area contributed by atoms with Gasteiger partial charge in [-0.25, -0.2) is 4.79 Å². The number of carbonyl (C=O) groups excluding carboxylic acids is 2. The molecule has 1 aliphatic heterocycles. The molecule has 1 aromatic carbocycles. The highest BCUT2D eigenvalue weighted by Crippen LogP contribution is 2.33. The fourth-order valence-electron chi connectivity index (χ4n) is 2.17. The summed E-state index contributed by atoms with van der Waals surface area (Å²) in [5.41, 5.74) is -1.10. The lowest BCUT2D eigenvalue weighted by molar-refractivity contribution is -0.133. The molecule has 0 spiro atoms. The second kappa shape index (κ2) is 5.65. The molecule has 0 aliphatic carbocycles. The van der Waals surface area contributed by atoms with Crippen molar-refractivity contribution in [2.45, 2.75) is 26.0 Å². The molecule has 1 atom stereocenters. The van der Waals surface area contributed by atoms with Crippen LogP contribution in [0.15, 0.2) is 35.4 Å². The fraction of sp³-hybridized carbons (Fsp3) is 0.400. The van der Waals surface area contributed by atoms with Gasteiger partial charge in [0.25, 0.3) is 5.91 Å². The lowest BCUT2D eigenvalue weighted by atomic mass is 9.94. The smallest absolute Gasteiger partial charge is 0.354 e. The first-order valence-electron chi connectivity index (χ1n) is 6.68. The summed E-state index contributed by atoms with van der Waals surface area (Å²) in [6.07, 6.45) is -0.0457. The lowest BCUT2D eigenvalue weighted by Gasteiger charge is -2.34. The van der Waals surface area contributed by atoms with Gasteiger partial charge in [0.2, 0.25) is 0 Å². The molecule has 0 aromatic heterocycles. The largest absolute Gasteiger partial charge is 0.464 e. The Morgan fingerprint density at radius 1 is 1.33 bits per heavy atom. The summed E-state index contributed by atoms with van der Waals surface area (Å²) in [5, 5.41) is 15.7. The number of hydrazone groups is 1. The van der Waals surface area contributed by atoms with E-state index in [0.717, 1.165) is 5.01 Å². The van der Waals surface area contributed by atoms with Crippen molar-refractivity contribution in [3.63, 3.8) is 0 Å². The van der Waals surface area contributed by atoms with Gasteiger partial charge in [0.05, 0.1) is 7.11 Å². The van der Waals surface area contributed by atoms with Gasteiger partial charge in [-0.05, 0) is 12.1 Å². The van der Waals surface area contributed by atoms with E-state index in [0.29, 0.717) is 5.56 Å². The standard InChI is InChI=1S/C15H18N2O4/c1-10(2)15(20)9-12(14(19)21-3)16-17(15)13(18)11-7-5-4-6-8-11/h4-8,10,20H,9H2,1-3H3/t15-/m0/s1. The number of benzene rings is 1. The minimum absolute atomic E-state index is 0.0398. The molecule has 0 saturated heterocycles. The molecule has 1 aromatic rings. The van der Waals surface area contributed by atoms with E-state index in [2.05, 4.69) is 9.84 Å². The predicted octanol–water partition coefficient (Wildman–Crippen LogP) is 1.41. The van der Waals surface area contributed by atoms with Crippen LogP contribution in [0.25, 0.3) is 0 Å². The predicted molar refractivity (Wildman–Crippen MR) is 76.5 cm³/mol. The van der Waals surface area contributed by atoms with Crippen molar-refractivity contribution >= 4 is 17.6 Å². The van der Waals surface area contributed by atoms with E-state index in [9.17, 15) is 14.7 Å². The van der Waals surface area contributed by atoms with Crippen LogP contribution in [0.5, 0.6) is 0 Å². The number of hydrogen-bond acceptors (Lipinski definition) is 5. The van der Waals surface area contributed by atoms with Gasteiger partial charge in [-0.2, -0.15) is 10.1 Å². The maximum Gasteiger partial charge on any atom is 0.354 e. The Hall–Kier alpha value is -2.21. The molecule has 2 rings (SSSR count). The molecule has 1 amide bonds. The lowest BCUT2D eigenvalue weighted by Crippen LogP contribution is -2.50. The first kappa shape index (κ1) is 15.2. The minimum atomic E-state index is -1.53. The monoisotopic (exact) mass is 290 g/mol. The highest BCUT2D eigenvalue weighted by molar-refractivity contribution is 6.37. The number of hydrogen-bond donors (Lipinski definition) is 1. The molecule has 1 heterocycles. The van der Waals surface area contributed by atoms with Crippen molar-refractivity contribution in [1.29, 1.82) is 0 Å². The summed E-state index contributed by atoms with van der Waals surface area (Å²) in [4.78, 5) is 24.2. The molecule has 0 radical (unpaired) electrons. The Morgan fingerprint density at radius 3 is 2.48 bits per heavy atom. The van der Waals surface area contributed by atoms with E-state index in [1.54, 1.807) is 44.2 Å². The normalized spacial score (nSPS) is 21.4. The van der Waals surface area contributed by atoms with Crippen molar-refractivity contribution in [3.8, 4) is 0 Å². The summed E-state index contributed by atoms with van der Waals surface area (Å²) in [6.45, 7) is 3.53. The van der Waals surface area contributed by atoms with Gasteiger partial charge in [0.15, 0.2) is 11.4 Å². The molecule has 6 nitrogen and oxygen atoms in total. The van der Waals surface area contributed by atoms with E-state index < -0.39 is 17.6 Å². The quantitative estimate of drug-likeness (QED) is 0.854. The number of amides is 1. The number of aliphatic hydroxyl groups is 1. The number of carbonyl (C=O) groups is 2. The molecule has 112 valence electrons. The molecular formula is C15H18N2O4. The van der Waals surface area contributed by atoms with Crippen LogP contribution in [0.3, 0.4) is 0 Å². The van der Waals surface area contributed by atoms with Crippen molar-refractivity contribution in [3.05, 3.63) is 35.9 Å². The van der Waals surface area contributed by atoms with Crippen LogP contribution >= 0.6 is 0 Å². The van der Waals surface area contributed by atoms with Crippen LogP contribution in [-0.2, 0) is 9.53 Å². The molecule has 0 bridgehead atoms. The van der Waals surface area contributed by atoms with Crippen LogP contribution in [0, 0.1) is 5.92 Å². The van der Waals surface area contributed by atoms with Crippen LogP contribution in [0.1, 0.15) is 30.6 Å². The van der Waals surface area contributed by atoms with Gasteiger partial charge in [-0.15, -0.1) is 0 Å². The highest BCUT2D eigenvalue weighted by Gasteiger charge is 2.48. The third-order valence-electron chi connectivity index (χ3n) is 3.57. The number of nitrogens with zero attached hydrogens (tertiary/aromatic N) is 2.